The molecule has 0 aromatic heterocycles. The van der Waals surface area contributed by atoms with E-state index in [4.69, 9.17) is 0 Å². The quantitative estimate of drug-likeness (QED) is 0.741. The lowest BCUT2D eigenvalue weighted by atomic mass is 10.0. The van der Waals surface area contributed by atoms with Gasteiger partial charge in [-0.05, 0) is 30.0 Å². The number of aliphatic hydroxyl groups is 1. The van der Waals surface area contributed by atoms with Gasteiger partial charge in [0.2, 0.25) is 0 Å². The van der Waals surface area contributed by atoms with Crippen LogP contribution in [0.15, 0.2) is 24.3 Å². The second-order valence-electron chi connectivity index (χ2n) is 3.74. The third-order valence-electron chi connectivity index (χ3n) is 2.89. The van der Waals surface area contributed by atoms with Gasteiger partial charge in [-0.15, -0.1) is 0 Å². The summed E-state index contributed by atoms with van der Waals surface area (Å²) in [5.74, 6) is 0.0435. The molecule has 2 heteroatoms. The molecule has 13 heavy (non-hydrogen) atoms. The van der Waals surface area contributed by atoms with Gasteiger partial charge in [-0.1, -0.05) is 25.5 Å². The van der Waals surface area contributed by atoms with E-state index < -0.39 is 5.60 Å². The summed E-state index contributed by atoms with van der Waals surface area (Å²) in [6.07, 6.45) is 1.72. The van der Waals surface area contributed by atoms with Crippen LogP contribution in [-0.2, 0) is 5.60 Å². The van der Waals surface area contributed by atoms with Crippen molar-refractivity contribution in [3.63, 3.8) is 0 Å². The second kappa shape index (κ2) is 2.81. The minimum absolute atomic E-state index is 0.271. The fraction of sp³-hybridized carbons (Fsp3) is 0.455. The molecule has 1 aromatic carbocycles. The molecule has 0 bridgehead atoms. The van der Waals surface area contributed by atoms with Crippen LogP contribution in [0.1, 0.15) is 25.3 Å². The molecule has 1 aliphatic rings. The SMILES string of the molecule is CCC1CC1(O)c1cccc(F)c1. The van der Waals surface area contributed by atoms with Crippen LogP contribution in [-0.4, -0.2) is 5.11 Å². The van der Waals surface area contributed by atoms with E-state index >= 15 is 0 Å². The Hall–Kier alpha value is -0.890. The van der Waals surface area contributed by atoms with Crippen LogP contribution in [0.25, 0.3) is 0 Å². The molecule has 1 fully saturated rings. The smallest absolute Gasteiger partial charge is 0.123 e. The predicted octanol–water partition coefficient (Wildman–Crippen LogP) is 2.44. The van der Waals surface area contributed by atoms with Crippen molar-refractivity contribution in [1.29, 1.82) is 0 Å². The summed E-state index contributed by atoms with van der Waals surface area (Å²) >= 11 is 0. The highest BCUT2D eigenvalue weighted by Crippen LogP contribution is 2.53. The standard InChI is InChI=1S/C11H13FO/c1-2-8-7-11(8,13)9-4-3-5-10(12)6-9/h3-6,8,13H,2,7H2,1H3. The molecule has 2 unspecified atom stereocenters. The van der Waals surface area contributed by atoms with Crippen molar-refractivity contribution in [3.05, 3.63) is 35.6 Å². The van der Waals surface area contributed by atoms with Crippen molar-refractivity contribution < 1.29 is 9.50 Å². The highest BCUT2D eigenvalue weighted by atomic mass is 19.1. The summed E-state index contributed by atoms with van der Waals surface area (Å²) in [5, 5.41) is 10.0. The lowest BCUT2D eigenvalue weighted by Gasteiger charge is -2.09. The molecule has 0 aliphatic heterocycles. The van der Waals surface area contributed by atoms with E-state index in [-0.39, 0.29) is 5.82 Å². The van der Waals surface area contributed by atoms with Gasteiger partial charge >= 0.3 is 0 Å². The molecule has 70 valence electrons. The van der Waals surface area contributed by atoms with Crippen molar-refractivity contribution in [2.24, 2.45) is 5.92 Å². The first-order chi connectivity index (χ1) is 6.16. The fourth-order valence-corrected chi connectivity index (χ4v) is 1.91. The predicted molar refractivity (Wildman–Crippen MR) is 48.7 cm³/mol. The van der Waals surface area contributed by atoms with Gasteiger partial charge in [0.1, 0.15) is 5.82 Å². The van der Waals surface area contributed by atoms with E-state index in [0.29, 0.717) is 5.92 Å². The Balaban J connectivity index is 2.27. The highest BCUT2D eigenvalue weighted by molar-refractivity contribution is 5.29. The molecule has 1 nitrogen and oxygen atoms in total. The summed E-state index contributed by atoms with van der Waals surface area (Å²) in [6.45, 7) is 2.04. The molecule has 0 heterocycles. The van der Waals surface area contributed by atoms with Crippen molar-refractivity contribution in [1.82, 2.24) is 0 Å². The molecule has 1 aromatic rings. The molecule has 1 aliphatic carbocycles. The van der Waals surface area contributed by atoms with Crippen LogP contribution in [0.3, 0.4) is 0 Å². The topological polar surface area (TPSA) is 20.2 Å². The maximum atomic E-state index is 12.8. The Morgan fingerprint density at radius 2 is 2.38 bits per heavy atom. The Bertz CT molecular complexity index is 324. The van der Waals surface area contributed by atoms with E-state index in [1.54, 1.807) is 12.1 Å². The van der Waals surface area contributed by atoms with E-state index in [2.05, 4.69) is 0 Å². The lowest BCUT2D eigenvalue weighted by Crippen LogP contribution is -2.08. The zero-order valence-corrected chi connectivity index (χ0v) is 7.63. The first-order valence-corrected chi connectivity index (χ1v) is 4.65. The van der Waals surface area contributed by atoms with Crippen LogP contribution in [0.4, 0.5) is 4.39 Å². The summed E-state index contributed by atoms with van der Waals surface area (Å²) in [4.78, 5) is 0. The van der Waals surface area contributed by atoms with Gasteiger partial charge in [0.05, 0.1) is 5.60 Å². The molecular weight excluding hydrogens is 167 g/mol. The lowest BCUT2D eigenvalue weighted by molar-refractivity contribution is 0.130. The maximum Gasteiger partial charge on any atom is 0.123 e. The van der Waals surface area contributed by atoms with E-state index in [1.807, 2.05) is 6.92 Å². The molecule has 2 atom stereocenters. The maximum absolute atomic E-state index is 12.8. The van der Waals surface area contributed by atoms with Crippen LogP contribution in [0, 0.1) is 11.7 Å². The van der Waals surface area contributed by atoms with Gasteiger partial charge < -0.3 is 5.11 Å². The number of rotatable bonds is 2. The third-order valence-corrected chi connectivity index (χ3v) is 2.89. The third kappa shape index (κ3) is 1.35. The Labute approximate surface area is 77.2 Å². The molecule has 0 radical (unpaired) electrons. The zero-order chi connectivity index (χ0) is 9.47. The summed E-state index contributed by atoms with van der Waals surface area (Å²) in [7, 11) is 0. The monoisotopic (exact) mass is 180 g/mol. The van der Waals surface area contributed by atoms with E-state index in [9.17, 15) is 9.50 Å². The Morgan fingerprint density at radius 3 is 2.92 bits per heavy atom. The number of hydrogen-bond donors (Lipinski definition) is 1. The Kier molecular flexibility index (Phi) is 1.88. The largest absolute Gasteiger partial charge is 0.385 e. The van der Waals surface area contributed by atoms with Gasteiger partial charge in [0, 0.05) is 0 Å². The van der Waals surface area contributed by atoms with Crippen molar-refractivity contribution >= 4 is 0 Å². The minimum atomic E-state index is -0.739. The average Bonchev–Trinajstić information content (AvgIpc) is 2.79. The second-order valence-corrected chi connectivity index (χ2v) is 3.74. The Morgan fingerprint density at radius 1 is 1.62 bits per heavy atom. The van der Waals surface area contributed by atoms with E-state index in [0.717, 1.165) is 18.4 Å². The number of benzene rings is 1. The van der Waals surface area contributed by atoms with E-state index in [1.165, 1.54) is 12.1 Å². The summed E-state index contributed by atoms with van der Waals surface area (Å²) < 4.78 is 12.8. The van der Waals surface area contributed by atoms with Gasteiger partial charge in [-0.3, -0.25) is 0 Å². The normalized spacial score (nSPS) is 31.8. The van der Waals surface area contributed by atoms with Gasteiger partial charge in [-0.25, -0.2) is 4.39 Å². The minimum Gasteiger partial charge on any atom is -0.385 e. The fourth-order valence-electron chi connectivity index (χ4n) is 1.91. The van der Waals surface area contributed by atoms with Gasteiger partial charge in [-0.2, -0.15) is 0 Å². The van der Waals surface area contributed by atoms with Gasteiger partial charge in [0.15, 0.2) is 0 Å². The van der Waals surface area contributed by atoms with Crippen LogP contribution >= 0.6 is 0 Å². The van der Waals surface area contributed by atoms with Crippen molar-refractivity contribution in [2.45, 2.75) is 25.4 Å². The summed E-state index contributed by atoms with van der Waals surface area (Å²) in [6, 6.07) is 6.26. The molecule has 0 saturated heterocycles. The number of halogens is 1. The van der Waals surface area contributed by atoms with Crippen molar-refractivity contribution in [2.75, 3.05) is 0 Å². The number of hydrogen-bond acceptors (Lipinski definition) is 1. The van der Waals surface area contributed by atoms with Crippen LogP contribution in [0.2, 0.25) is 0 Å². The van der Waals surface area contributed by atoms with Gasteiger partial charge in [0.25, 0.3) is 0 Å². The molecule has 0 amide bonds. The summed E-state index contributed by atoms with van der Waals surface area (Å²) in [5.41, 5.74) is -0.0176. The molecular formula is C11H13FO. The highest BCUT2D eigenvalue weighted by Gasteiger charge is 2.52. The zero-order valence-electron chi connectivity index (χ0n) is 7.63. The van der Waals surface area contributed by atoms with Crippen LogP contribution < -0.4 is 0 Å². The van der Waals surface area contributed by atoms with Crippen molar-refractivity contribution in [3.8, 4) is 0 Å². The molecule has 0 spiro atoms. The van der Waals surface area contributed by atoms with Crippen LogP contribution in [0.5, 0.6) is 0 Å². The first-order valence-electron chi connectivity index (χ1n) is 4.65. The molecule has 1 N–H and O–H groups in total. The first kappa shape index (κ1) is 8.70. The average molecular weight is 180 g/mol. The molecule has 1 saturated carbocycles. The molecule has 2 rings (SSSR count).